The largest absolute Gasteiger partial charge is 0.442 e. The maximum absolute atomic E-state index is 14.7. The van der Waals surface area contributed by atoms with E-state index in [1.165, 1.54) is 26.2 Å². The molecule has 1 saturated heterocycles. The third kappa shape index (κ3) is 6.55. The summed E-state index contributed by atoms with van der Waals surface area (Å²) < 4.78 is 36.0. The van der Waals surface area contributed by atoms with Crippen LogP contribution in [-0.4, -0.2) is 76.5 Å². The van der Waals surface area contributed by atoms with Crippen LogP contribution in [0.2, 0.25) is 0 Å². The van der Waals surface area contributed by atoms with Gasteiger partial charge in [-0.25, -0.2) is 23.5 Å². The second-order valence-corrected chi connectivity index (χ2v) is 8.70. The molecule has 4 amide bonds. The van der Waals surface area contributed by atoms with Crippen LogP contribution in [0.5, 0.6) is 0 Å². The number of carbonyl (C=O) groups is 4. The summed E-state index contributed by atoms with van der Waals surface area (Å²) in [5, 5.41) is 10.2. The van der Waals surface area contributed by atoms with E-state index in [4.69, 9.17) is 4.74 Å². The van der Waals surface area contributed by atoms with E-state index in [0.717, 1.165) is 17.0 Å². The minimum atomic E-state index is -0.947. The van der Waals surface area contributed by atoms with E-state index < -0.39 is 47.4 Å². The highest BCUT2D eigenvalue weighted by molar-refractivity contribution is 5.96. The molecule has 3 aromatic rings. The third-order valence-electron chi connectivity index (χ3n) is 5.73. The van der Waals surface area contributed by atoms with Crippen molar-refractivity contribution in [1.29, 1.82) is 0 Å². The van der Waals surface area contributed by atoms with Crippen molar-refractivity contribution in [3.8, 4) is 0 Å². The Bertz CT molecular complexity index is 1360. The van der Waals surface area contributed by atoms with Crippen molar-refractivity contribution in [3.63, 3.8) is 0 Å². The van der Waals surface area contributed by atoms with E-state index in [9.17, 15) is 28.0 Å². The van der Waals surface area contributed by atoms with Gasteiger partial charge in [-0.15, -0.1) is 0 Å². The molecule has 13 nitrogen and oxygen atoms in total. The fourth-order valence-electron chi connectivity index (χ4n) is 3.78. The number of anilines is 2. The van der Waals surface area contributed by atoms with Crippen molar-refractivity contribution in [2.75, 3.05) is 36.4 Å². The molecule has 39 heavy (non-hydrogen) atoms. The Kier molecular flexibility index (Phi) is 8.17. The highest BCUT2D eigenvalue weighted by Gasteiger charge is 2.33. The van der Waals surface area contributed by atoms with Crippen LogP contribution in [0.4, 0.5) is 25.0 Å². The van der Waals surface area contributed by atoms with E-state index in [-0.39, 0.29) is 43.5 Å². The fraction of sp³-hybridized carbons (Fsp3) is 0.333. The molecule has 0 radical (unpaired) electrons. The van der Waals surface area contributed by atoms with Crippen LogP contribution in [0.25, 0.3) is 5.78 Å². The molecule has 4 N–H and O–H groups in total. The zero-order valence-electron chi connectivity index (χ0n) is 21.0. The van der Waals surface area contributed by atoms with Gasteiger partial charge in [0.1, 0.15) is 23.5 Å². The Morgan fingerprint density at radius 3 is 2.62 bits per heavy atom. The molecule has 2 aromatic heterocycles. The van der Waals surface area contributed by atoms with Crippen LogP contribution in [0.15, 0.2) is 36.8 Å². The topological polar surface area (TPSA) is 159 Å². The fourth-order valence-corrected chi connectivity index (χ4v) is 3.78. The molecule has 0 bridgehead atoms. The number of imidazole rings is 1. The molecular weight excluding hydrogens is 518 g/mol. The van der Waals surface area contributed by atoms with Crippen LogP contribution < -0.4 is 26.2 Å². The van der Waals surface area contributed by atoms with Gasteiger partial charge in [0, 0.05) is 50.7 Å². The molecule has 1 aliphatic rings. The zero-order valence-corrected chi connectivity index (χ0v) is 21.0. The van der Waals surface area contributed by atoms with Crippen LogP contribution in [0.1, 0.15) is 24.3 Å². The summed E-state index contributed by atoms with van der Waals surface area (Å²) in [5.74, 6) is -2.93. The Hall–Kier alpha value is -4.82. The van der Waals surface area contributed by atoms with Gasteiger partial charge in [0.25, 0.3) is 5.91 Å². The number of benzene rings is 1. The number of carbonyl (C=O) groups excluding carboxylic acids is 4. The van der Waals surface area contributed by atoms with Gasteiger partial charge in [0.05, 0.1) is 18.8 Å². The maximum atomic E-state index is 14.7. The van der Waals surface area contributed by atoms with Crippen LogP contribution in [0.3, 0.4) is 0 Å². The van der Waals surface area contributed by atoms with Gasteiger partial charge in [0.15, 0.2) is 11.6 Å². The van der Waals surface area contributed by atoms with Crippen LogP contribution in [-0.2, 0) is 14.3 Å². The first-order valence-corrected chi connectivity index (χ1v) is 12.0. The van der Waals surface area contributed by atoms with Crippen LogP contribution >= 0.6 is 0 Å². The van der Waals surface area contributed by atoms with E-state index in [1.807, 2.05) is 0 Å². The van der Waals surface area contributed by atoms with Gasteiger partial charge >= 0.3 is 6.09 Å². The number of fused-ring (bicyclic) bond motifs is 1. The lowest BCUT2D eigenvalue weighted by molar-refractivity contribution is -0.122. The summed E-state index contributed by atoms with van der Waals surface area (Å²) in [5.41, 5.74) is -0.378. The molecule has 206 valence electrons. The molecule has 1 fully saturated rings. The van der Waals surface area contributed by atoms with E-state index >= 15 is 0 Å². The molecule has 0 unspecified atom stereocenters. The van der Waals surface area contributed by atoms with E-state index in [0.29, 0.717) is 5.78 Å². The van der Waals surface area contributed by atoms with Crippen molar-refractivity contribution in [2.45, 2.75) is 26.0 Å². The number of cyclic esters (lactones) is 1. The van der Waals surface area contributed by atoms with Gasteiger partial charge in [-0.1, -0.05) is 0 Å². The number of aromatic nitrogens is 3. The molecule has 15 heteroatoms. The summed E-state index contributed by atoms with van der Waals surface area (Å²) in [7, 11) is 0. The molecule has 2 atom stereocenters. The predicted octanol–water partition coefficient (Wildman–Crippen LogP) is 0.815. The molecule has 0 spiro atoms. The SMILES string of the molecule is CC(=O)NC[C@H]1CN(c2cc(F)c(NCCNC(=O)[C@H](C)NC(=O)c3cn4cccnc4n3)c(F)c2)C(=O)O1. The first-order valence-electron chi connectivity index (χ1n) is 12.0. The zero-order chi connectivity index (χ0) is 28.1. The third-order valence-corrected chi connectivity index (χ3v) is 5.73. The van der Waals surface area contributed by atoms with Gasteiger partial charge in [-0.3, -0.25) is 23.7 Å². The number of rotatable bonds is 10. The van der Waals surface area contributed by atoms with Gasteiger partial charge in [-0.2, -0.15) is 0 Å². The molecule has 0 saturated carbocycles. The minimum Gasteiger partial charge on any atom is -0.442 e. The number of hydrogen-bond donors (Lipinski definition) is 4. The first-order chi connectivity index (χ1) is 18.6. The average Bonchev–Trinajstić information content (AvgIpc) is 3.49. The summed E-state index contributed by atoms with van der Waals surface area (Å²) >= 11 is 0. The summed E-state index contributed by atoms with van der Waals surface area (Å²) in [6.07, 6.45) is 3.26. The lowest BCUT2D eigenvalue weighted by Crippen LogP contribution is -2.46. The summed E-state index contributed by atoms with van der Waals surface area (Å²) in [4.78, 5) is 57.1. The number of hydrogen-bond acceptors (Lipinski definition) is 8. The van der Waals surface area contributed by atoms with E-state index in [2.05, 4.69) is 31.2 Å². The van der Waals surface area contributed by atoms with Crippen LogP contribution in [0, 0.1) is 11.6 Å². The standard InChI is InChI=1S/C24H26F2N8O5/c1-13(31-22(37)19-12-33-7-3-4-29-23(33)32-19)21(36)28-6-5-27-20-17(25)8-15(9-18(20)26)34-11-16(39-24(34)38)10-30-14(2)35/h3-4,7-9,12-13,16,27H,5-6,10-11H2,1-2H3,(H,28,36)(H,30,35)(H,31,37)/t13-,16-/m0/s1. The van der Waals surface area contributed by atoms with Crippen molar-refractivity contribution in [2.24, 2.45) is 0 Å². The quantitative estimate of drug-likeness (QED) is 0.273. The van der Waals surface area contributed by atoms with Crippen molar-refractivity contribution < 1.29 is 32.7 Å². The lowest BCUT2D eigenvalue weighted by atomic mass is 10.2. The maximum Gasteiger partial charge on any atom is 0.414 e. The van der Waals surface area contributed by atoms with Gasteiger partial charge in [-0.05, 0) is 13.0 Å². The van der Waals surface area contributed by atoms with Crippen molar-refractivity contribution in [3.05, 3.63) is 54.1 Å². The summed E-state index contributed by atoms with van der Waals surface area (Å²) in [6.45, 7) is 2.87. The Morgan fingerprint density at radius 1 is 1.18 bits per heavy atom. The number of halogens is 2. The number of nitrogens with one attached hydrogen (secondary N) is 4. The molecular formula is C24H26F2N8O5. The Morgan fingerprint density at radius 2 is 1.92 bits per heavy atom. The second kappa shape index (κ2) is 11.7. The average molecular weight is 545 g/mol. The molecule has 3 heterocycles. The summed E-state index contributed by atoms with van der Waals surface area (Å²) in [6, 6.07) is 2.75. The van der Waals surface area contributed by atoms with Gasteiger partial charge in [0.2, 0.25) is 17.6 Å². The van der Waals surface area contributed by atoms with Gasteiger partial charge < -0.3 is 26.0 Å². The number of nitrogens with zero attached hydrogens (tertiary/aromatic N) is 4. The highest BCUT2D eigenvalue weighted by Crippen LogP contribution is 2.28. The monoisotopic (exact) mass is 544 g/mol. The van der Waals surface area contributed by atoms with Crippen molar-refractivity contribution >= 4 is 41.0 Å². The van der Waals surface area contributed by atoms with Crippen molar-refractivity contribution in [1.82, 2.24) is 30.3 Å². The molecule has 0 aliphatic carbocycles. The second-order valence-electron chi connectivity index (χ2n) is 8.70. The lowest BCUT2D eigenvalue weighted by Gasteiger charge is -2.17. The number of amides is 4. The Balaban J connectivity index is 1.25. The molecule has 4 rings (SSSR count). The molecule has 1 aliphatic heterocycles. The van der Waals surface area contributed by atoms with E-state index in [1.54, 1.807) is 16.7 Å². The number of ether oxygens (including phenoxy) is 1. The Labute approximate surface area is 220 Å². The molecule has 1 aromatic carbocycles. The highest BCUT2D eigenvalue weighted by atomic mass is 19.1. The smallest absolute Gasteiger partial charge is 0.414 e. The first kappa shape index (κ1) is 27.2. The normalized spacial score (nSPS) is 15.5. The minimum absolute atomic E-state index is 0.00123. The predicted molar refractivity (Wildman–Crippen MR) is 134 cm³/mol.